The fourth-order valence-electron chi connectivity index (χ4n) is 2.86. The Hall–Kier alpha value is -2.04. The Bertz CT molecular complexity index is 529. The van der Waals surface area contributed by atoms with Crippen molar-refractivity contribution in [3.8, 4) is 5.75 Å². The van der Waals surface area contributed by atoms with Crippen LogP contribution in [0.5, 0.6) is 5.75 Å². The third-order valence-electron chi connectivity index (χ3n) is 4.17. The Kier molecular flexibility index (Phi) is 4.83. The predicted molar refractivity (Wildman–Crippen MR) is 78.5 cm³/mol. The van der Waals surface area contributed by atoms with Gasteiger partial charge in [0.2, 0.25) is 0 Å². The second-order valence-corrected chi connectivity index (χ2v) is 5.35. The van der Waals surface area contributed by atoms with Crippen LogP contribution in [0.2, 0.25) is 0 Å². The number of para-hydroxylation sites is 1. The van der Waals surface area contributed by atoms with E-state index in [0.717, 1.165) is 12.8 Å². The molecule has 1 aliphatic rings. The molecule has 1 aromatic carbocycles. The third kappa shape index (κ3) is 3.17. The summed E-state index contributed by atoms with van der Waals surface area (Å²) in [7, 11) is 1.50. The van der Waals surface area contributed by atoms with E-state index in [2.05, 4.69) is 6.92 Å². The molecule has 0 radical (unpaired) electrons. The van der Waals surface area contributed by atoms with Gasteiger partial charge in [0.1, 0.15) is 11.8 Å². The summed E-state index contributed by atoms with van der Waals surface area (Å²) in [5.41, 5.74) is 0.418. The van der Waals surface area contributed by atoms with Crippen molar-refractivity contribution >= 4 is 11.9 Å². The predicted octanol–water partition coefficient (Wildman–Crippen LogP) is 2.41. The van der Waals surface area contributed by atoms with E-state index in [9.17, 15) is 14.7 Å². The average molecular weight is 291 g/mol. The minimum Gasteiger partial charge on any atom is -0.496 e. The average Bonchev–Trinajstić information content (AvgIpc) is 2.53. The summed E-state index contributed by atoms with van der Waals surface area (Å²) in [6, 6.07) is 6.17. The summed E-state index contributed by atoms with van der Waals surface area (Å²) in [6.07, 6.45) is 2.31. The number of hydrogen-bond acceptors (Lipinski definition) is 3. The van der Waals surface area contributed by atoms with E-state index in [4.69, 9.17) is 4.74 Å². The summed E-state index contributed by atoms with van der Waals surface area (Å²) < 4.78 is 5.20. The van der Waals surface area contributed by atoms with Crippen molar-refractivity contribution in [3.63, 3.8) is 0 Å². The highest BCUT2D eigenvalue weighted by atomic mass is 16.5. The van der Waals surface area contributed by atoms with E-state index < -0.39 is 12.0 Å². The second kappa shape index (κ2) is 6.61. The number of ether oxygens (including phenoxy) is 1. The number of carbonyl (C=O) groups excluding carboxylic acids is 1. The number of rotatable bonds is 4. The van der Waals surface area contributed by atoms with Gasteiger partial charge >= 0.3 is 5.97 Å². The number of carboxylic acids is 1. The fraction of sp³-hybridized carbons (Fsp3) is 0.500. The van der Waals surface area contributed by atoms with E-state index in [0.29, 0.717) is 30.2 Å². The van der Waals surface area contributed by atoms with Gasteiger partial charge in [-0.1, -0.05) is 25.5 Å². The van der Waals surface area contributed by atoms with Crippen molar-refractivity contribution < 1.29 is 19.4 Å². The molecule has 0 bridgehead atoms. The molecule has 2 rings (SSSR count). The molecular weight excluding hydrogens is 270 g/mol. The van der Waals surface area contributed by atoms with Gasteiger partial charge in [-0.2, -0.15) is 0 Å². The quantitative estimate of drug-likeness (QED) is 0.925. The van der Waals surface area contributed by atoms with Crippen molar-refractivity contribution in [3.05, 3.63) is 29.8 Å². The largest absolute Gasteiger partial charge is 0.496 e. The standard InChI is InChI=1S/C16H21NO4/c1-3-11-8-9-17(13(10-11)16(19)20)15(18)12-6-4-5-7-14(12)21-2/h4-7,11,13H,3,8-10H2,1-2H3,(H,19,20). The zero-order valence-corrected chi connectivity index (χ0v) is 12.4. The molecule has 1 heterocycles. The maximum atomic E-state index is 12.7. The number of benzene rings is 1. The van der Waals surface area contributed by atoms with Crippen LogP contribution >= 0.6 is 0 Å². The molecule has 1 N–H and O–H groups in total. The number of nitrogens with zero attached hydrogens (tertiary/aromatic N) is 1. The molecule has 1 aromatic rings. The van der Waals surface area contributed by atoms with Crippen molar-refractivity contribution in [1.29, 1.82) is 0 Å². The Labute approximate surface area is 124 Å². The number of piperidine rings is 1. The summed E-state index contributed by atoms with van der Waals surface area (Å²) in [4.78, 5) is 25.6. The van der Waals surface area contributed by atoms with Gasteiger partial charge in [0.15, 0.2) is 0 Å². The molecule has 1 amide bonds. The molecule has 21 heavy (non-hydrogen) atoms. The van der Waals surface area contributed by atoms with Crippen molar-refractivity contribution in [1.82, 2.24) is 4.90 Å². The number of hydrogen-bond donors (Lipinski definition) is 1. The first-order valence-corrected chi connectivity index (χ1v) is 7.25. The highest BCUT2D eigenvalue weighted by Crippen LogP contribution is 2.28. The van der Waals surface area contributed by atoms with E-state index in [1.165, 1.54) is 12.0 Å². The van der Waals surface area contributed by atoms with Crippen LogP contribution in [0.25, 0.3) is 0 Å². The lowest BCUT2D eigenvalue weighted by Crippen LogP contribution is -2.50. The van der Waals surface area contributed by atoms with Gasteiger partial charge in [-0.15, -0.1) is 0 Å². The zero-order chi connectivity index (χ0) is 15.4. The minimum atomic E-state index is -0.934. The van der Waals surface area contributed by atoms with Crippen LogP contribution < -0.4 is 4.74 Å². The summed E-state index contributed by atoms with van der Waals surface area (Å²) >= 11 is 0. The molecule has 1 fully saturated rings. The van der Waals surface area contributed by atoms with Gasteiger partial charge in [-0.05, 0) is 30.9 Å². The Morgan fingerprint density at radius 1 is 1.38 bits per heavy atom. The first-order chi connectivity index (χ1) is 10.1. The fourth-order valence-corrected chi connectivity index (χ4v) is 2.86. The van der Waals surface area contributed by atoms with Gasteiger partial charge in [-0.25, -0.2) is 4.79 Å². The Balaban J connectivity index is 2.26. The Morgan fingerprint density at radius 3 is 2.71 bits per heavy atom. The van der Waals surface area contributed by atoms with Crippen LogP contribution in [0.4, 0.5) is 0 Å². The molecule has 0 aliphatic carbocycles. The van der Waals surface area contributed by atoms with E-state index in [1.807, 2.05) is 0 Å². The molecule has 0 saturated carbocycles. The van der Waals surface area contributed by atoms with Crippen molar-refractivity contribution in [2.24, 2.45) is 5.92 Å². The van der Waals surface area contributed by atoms with Crippen LogP contribution in [0.1, 0.15) is 36.5 Å². The lowest BCUT2D eigenvalue weighted by atomic mass is 9.88. The number of aliphatic carboxylic acids is 1. The lowest BCUT2D eigenvalue weighted by molar-refractivity contribution is -0.144. The number of carboxylic acid groups (broad SMARTS) is 1. The van der Waals surface area contributed by atoms with Crippen LogP contribution in [0, 0.1) is 5.92 Å². The van der Waals surface area contributed by atoms with E-state index >= 15 is 0 Å². The minimum absolute atomic E-state index is 0.269. The topological polar surface area (TPSA) is 66.8 Å². The van der Waals surface area contributed by atoms with Crippen LogP contribution in [0.15, 0.2) is 24.3 Å². The lowest BCUT2D eigenvalue weighted by Gasteiger charge is -2.37. The number of carbonyl (C=O) groups is 2. The Morgan fingerprint density at radius 2 is 2.10 bits per heavy atom. The van der Waals surface area contributed by atoms with Crippen LogP contribution in [-0.2, 0) is 4.79 Å². The molecule has 0 aromatic heterocycles. The van der Waals surface area contributed by atoms with Gasteiger partial charge in [0, 0.05) is 6.54 Å². The molecule has 114 valence electrons. The van der Waals surface area contributed by atoms with Gasteiger partial charge < -0.3 is 14.7 Å². The number of likely N-dealkylation sites (tertiary alicyclic amines) is 1. The normalized spacial score (nSPS) is 21.9. The second-order valence-electron chi connectivity index (χ2n) is 5.35. The van der Waals surface area contributed by atoms with Crippen LogP contribution in [0.3, 0.4) is 0 Å². The monoisotopic (exact) mass is 291 g/mol. The van der Waals surface area contributed by atoms with Gasteiger partial charge in [0.25, 0.3) is 5.91 Å². The third-order valence-corrected chi connectivity index (χ3v) is 4.17. The summed E-state index contributed by atoms with van der Waals surface area (Å²) in [6.45, 7) is 2.54. The summed E-state index contributed by atoms with van der Waals surface area (Å²) in [5, 5.41) is 9.42. The highest BCUT2D eigenvalue weighted by Gasteiger charge is 2.36. The zero-order valence-electron chi connectivity index (χ0n) is 12.4. The van der Waals surface area contributed by atoms with Crippen LogP contribution in [-0.4, -0.2) is 41.6 Å². The first kappa shape index (κ1) is 15.4. The molecule has 1 aliphatic heterocycles. The smallest absolute Gasteiger partial charge is 0.326 e. The SMILES string of the molecule is CCC1CCN(C(=O)c2ccccc2OC)C(C(=O)O)C1. The molecule has 2 unspecified atom stereocenters. The maximum Gasteiger partial charge on any atom is 0.326 e. The summed E-state index contributed by atoms with van der Waals surface area (Å²) in [5.74, 6) is -0.358. The maximum absolute atomic E-state index is 12.7. The number of methoxy groups -OCH3 is 1. The molecule has 1 saturated heterocycles. The van der Waals surface area contributed by atoms with E-state index in [1.54, 1.807) is 24.3 Å². The molecule has 2 atom stereocenters. The number of amides is 1. The van der Waals surface area contributed by atoms with Gasteiger partial charge in [-0.3, -0.25) is 4.79 Å². The molecular formula is C16H21NO4. The van der Waals surface area contributed by atoms with Crippen molar-refractivity contribution in [2.75, 3.05) is 13.7 Å². The first-order valence-electron chi connectivity index (χ1n) is 7.25. The molecule has 5 nitrogen and oxygen atoms in total. The van der Waals surface area contributed by atoms with Gasteiger partial charge in [0.05, 0.1) is 12.7 Å². The molecule has 0 spiro atoms. The highest BCUT2D eigenvalue weighted by molar-refractivity contribution is 5.99. The van der Waals surface area contributed by atoms with E-state index in [-0.39, 0.29) is 5.91 Å². The van der Waals surface area contributed by atoms with Crippen molar-refractivity contribution in [2.45, 2.75) is 32.2 Å². The molecule has 5 heteroatoms.